The van der Waals surface area contributed by atoms with Gasteiger partial charge in [-0.15, -0.1) is 0 Å². The van der Waals surface area contributed by atoms with Crippen molar-refractivity contribution < 1.29 is 17.9 Å². The lowest BCUT2D eigenvalue weighted by molar-refractivity contribution is -0.137. The zero-order chi connectivity index (χ0) is 11.8. The maximum atomic E-state index is 12.3. The molecule has 0 aromatic heterocycles. The Morgan fingerprint density at radius 3 is 2.38 bits per heavy atom. The van der Waals surface area contributed by atoms with E-state index in [1.165, 1.54) is 6.07 Å². The number of hydrogen-bond donors (Lipinski definition) is 1. The molecule has 0 amide bonds. The molecule has 1 aliphatic rings. The van der Waals surface area contributed by atoms with Crippen LogP contribution in [0.15, 0.2) is 18.2 Å². The number of hydrogen-bond acceptors (Lipinski definition) is 2. The molecule has 0 aliphatic heterocycles. The molecule has 1 aromatic carbocycles. The van der Waals surface area contributed by atoms with Gasteiger partial charge < -0.3 is 10.5 Å². The number of anilines is 1. The Labute approximate surface area is 91.2 Å². The fourth-order valence-electron chi connectivity index (χ4n) is 1.50. The summed E-state index contributed by atoms with van der Waals surface area (Å²) >= 11 is 0. The van der Waals surface area contributed by atoms with Crippen LogP contribution in [0.1, 0.15) is 24.8 Å². The summed E-state index contributed by atoms with van der Waals surface area (Å²) in [7, 11) is 0. The average molecular weight is 231 g/mol. The van der Waals surface area contributed by atoms with E-state index >= 15 is 0 Å². The molecule has 16 heavy (non-hydrogen) atoms. The third-order valence-electron chi connectivity index (χ3n) is 2.68. The van der Waals surface area contributed by atoms with E-state index in [4.69, 9.17) is 10.5 Å². The zero-order valence-corrected chi connectivity index (χ0v) is 8.55. The maximum Gasteiger partial charge on any atom is 0.416 e. The predicted octanol–water partition coefficient (Wildman–Crippen LogP) is 3.22. The third kappa shape index (κ3) is 2.23. The predicted molar refractivity (Wildman–Crippen MR) is 54.1 cm³/mol. The van der Waals surface area contributed by atoms with Gasteiger partial charge in [0.05, 0.1) is 17.4 Å². The Balaban J connectivity index is 2.15. The highest BCUT2D eigenvalue weighted by atomic mass is 19.4. The van der Waals surface area contributed by atoms with Crippen LogP contribution >= 0.6 is 0 Å². The Kier molecular flexibility index (Phi) is 2.69. The van der Waals surface area contributed by atoms with Crippen LogP contribution < -0.4 is 10.5 Å². The minimum Gasteiger partial charge on any atom is -0.488 e. The summed E-state index contributed by atoms with van der Waals surface area (Å²) in [6, 6.07) is 3.19. The van der Waals surface area contributed by atoms with E-state index in [9.17, 15) is 13.2 Å². The van der Waals surface area contributed by atoms with Crippen LogP contribution in [-0.4, -0.2) is 6.10 Å². The maximum absolute atomic E-state index is 12.3. The van der Waals surface area contributed by atoms with E-state index < -0.39 is 11.7 Å². The third-order valence-corrected chi connectivity index (χ3v) is 2.68. The second-order valence-corrected chi connectivity index (χ2v) is 3.92. The number of halogens is 3. The summed E-state index contributed by atoms with van der Waals surface area (Å²) in [5, 5.41) is 0. The number of rotatable bonds is 2. The van der Waals surface area contributed by atoms with Crippen molar-refractivity contribution in [1.82, 2.24) is 0 Å². The Morgan fingerprint density at radius 2 is 1.94 bits per heavy atom. The van der Waals surface area contributed by atoms with Crippen LogP contribution in [-0.2, 0) is 6.18 Å². The van der Waals surface area contributed by atoms with Crippen molar-refractivity contribution in [2.24, 2.45) is 0 Å². The standard InChI is InChI=1S/C11H12F3NO/c12-11(13,14)7-4-5-10(9(15)6-7)16-8-2-1-3-8/h4-6,8H,1-3,15H2. The molecule has 2 nitrogen and oxygen atoms in total. The van der Waals surface area contributed by atoms with Gasteiger partial charge in [0.15, 0.2) is 0 Å². The SMILES string of the molecule is Nc1cc(C(F)(F)F)ccc1OC1CCC1. The van der Waals surface area contributed by atoms with Crippen LogP contribution in [0.2, 0.25) is 0 Å². The van der Waals surface area contributed by atoms with Gasteiger partial charge in [-0.1, -0.05) is 0 Å². The van der Waals surface area contributed by atoms with Crippen molar-refractivity contribution in [1.29, 1.82) is 0 Å². The molecular weight excluding hydrogens is 219 g/mol. The van der Waals surface area contributed by atoms with Crippen LogP contribution in [0.5, 0.6) is 5.75 Å². The molecule has 1 aromatic rings. The summed E-state index contributed by atoms with van der Waals surface area (Å²) in [5.41, 5.74) is 4.82. The molecule has 1 fully saturated rings. The molecule has 0 atom stereocenters. The molecule has 0 heterocycles. The smallest absolute Gasteiger partial charge is 0.416 e. The number of alkyl halides is 3. The molecule has 5 heteroatoms. The van der Waals surface area contributed by atoms with Gasteiger partial charge in [0.1, 0.15) is 5.75 Å². The molecule has 0 spiro atoms. The molecule has 2 N–H and O–H groups in total. The fraction of sp³-hybridized carbons (Fsp3) is 0.455. The topological polar surface area (TPSA) is 35.2 Å². The lowest BCUT2D eigenvalue weighted by Gasteiger charge is -2.27. The van der Waals surface area contributed by atoms with E-state index in [-0.39, 0.29) is 11.8 Å². The Hall–Kier alpha value is -1.39. The first kappa shape index (κ1) is 11.1. The number of benzene rings is 1. The van der Waals surface area contributed by atoms with Crippen LogP contribution in [0.25, 0.3) is 0 Å². The normalized spacial score (nSPS) is 16.9. The highest BCUT2D eigenvalue weighted by Crippen LogP contribution is 2.35. The van der Waals surface area contributed by atoms with Gasteiger partial charge >= 0.3 is 6.18 Å². The van der Waals surface area contributed by atoms with Crippen molar-refractivity contribution in [3.63, 3.8) is 0 Å². The van der Waals surface area contributed by atoms with Crippen LogP contribution in [0.4, 0.5) is 18.9 Å². The van der Waals surface area contributed by atoms with Crippen LogP contribution in [0, 0.1) is 0 Å². The molecule has 88 valence electrons. The summed E-state index contributed by atoms with van der Waals surface area (Å²) < 4.78 is 42.5. The number of ether oxygens (including phenoxy) is 1. The minimum absolute atomic E-state index is 0.0433. The highest BCUT2D eigenvalue weighted by molar-refractivity contribution is 5.54. The number of nitrogens with two attached hydrogens (primary N) is 1. The monoisotopic (exact) mass is 231 g/mol. The largest absolute Gasteiger partial charge is 0.488 e. The molecular formula is C11H12F3NO. The van der Waals surface area contributed by atoms with E-state index in [0.29, 0.717) is 5.75 Å². The quantitative estimate of drug-likeness (QED) is 0.793. The van der Waals surface area contributed by atoms with Gasteiger partial charge in [0.2, 0.25) is 0 Å². The molecule has 2 rings (SSSR count). The van der Waals surface area contributed by atoms with Gasteiger partial charge in [-0.2, -0.15) is 13.2 Å². The molecule has 0 unspecified atom stereocenters. The first-order valence-electron chi connectivity index (χ1n) is 5.10. The summed E-state index contributed by atoms with van der Waals surface area (Å²) in [6.45, 7) is 0. The van der Waals surface area contributed by atoms with Crippen molar-refractivity contribution >= 4 is 5.69 Å². The number of nitrogen functional groups attached to an aromatic ring is 1. The van der Waals surface area contributed by atoms with E-state index in [2.05, 4.69) is 0 Å². The first-order chi connectivity index (χ1) is 7.47. The van der Waals surface area contributed by atoms with Gasteiger partial charge in [0, 0.05) is 0 Å². The second kappa shape index (κ2) is 3.88. The van der Waals surface area contributed by atoms with Gasteiger partial charge in [-0.25, -0.2) is 0 Å². The van der Waals surface area contributed by atoms with E-state index in [1.54, 1.807) is 0 Å². The minimum atomic E-state index is -4.36. The summed E-state index contributed by atoms with van der Waals surface area (Å²) in [5.74, 6) is 0.345. The van der Waals surface area contributed by atoms with Crippen molar-refractivity contribution in [2.45, 2.75) is 31.5 Å². The van der Waals surface area contributed by atoms with E-state index in [0.717, 1.165) is 31.4 Å². The Bertz CT molecular complexity index is 385. The lowest BCUT2D eigenvalue weighted by Crippen LogP contribution is -2.25. The lowest BCUT2D eigenvalue weighted by atomic mass is 9.96. The zero-order valence-electron chi connectivity index (χ0n) is 8.55. The second-order valence-electron chi connectivity index (χ2n) is 3.92. The highest BCUT2D eigenvalue weighted by Gasteiger charge is 2.31. The van der Waals surface area contributed by atoms with Gasteiger partial charge in [-0.05, 0) is 37.5 Å². The molecule has 0 bridgehead atoms. The fourth-order valence-corrected chi connectivity index (χ4v) is 1.50. The van der Waals surface area contributed by atoms with Gasteiger partial charge in [-0.3, -0.25) is 0 Å². The van der Waals surface area contributed by atoms with E-state index in [1.807, 2.05) is 0 Å². The molecule has 1 saturated carbocycles. The summed E-state index contributed by atoms with van der Waals surface area (Å²) in [4.78, 5) is 0. The van der Waals surface area contributed by atoms with Crippen molar-refractivity contribution in [3.05, 3.63) is 23.8 Å². The molecule has 0 saturated heterocycles. The molecule has 1 aliphatic carbocycles. The summed E-state index contributed by atoms with van der Waals surface area (Å²) in [6.07, 6.45) is -1.26. The molecule has 0 radical (unpaired) electrons. The van der Waals surface area contributed by atoms with Gasteiger partial charge in [0.25, 0.3) is 0 Å². The van der Waals surface area contributed by atoms with Crippen molar-refractivity contribution in [3.8, 4) is 5.75 Å². The Morgan fingerprint density at radius 1 is 1.25 bits per heavy atom. The van der Waals surface area contributed by atoms with Crippen LogP contribution in [0.3, 0.4) is 0 Å². The average Bonchev–Trinajstić information content (AvgIpc) is 2.11. The first-order valence-corrected chi connectivity index (χ1v) is 5.10. The van der Waals surface area contributed by atoms with Crippen molar-refractivity contribution in [2.75, 3.05) is 5.73 Å².